The summed E-state index contributed by atoms with van der Waals surface area (Å²) in [6, 6.07) is 11.9. The number of hydrogen-bond acceptors (Lipinski definition) is 5. The van der Waals surface area contributed by atoms with E-state index in [-0.39, 0.29) is 11.4 Å². The van der Waals surface area contributed by atoms with Crippen LogP contribution in [-0.2, 0) is 5.75 Å². The molecule has 3 aromatic rings. The SMILES string of the molecule is O=C(Nc1nnc(SCc2ccc(F)cc2)s1)c1ccccc1F. The topological polar surface area (TPSA) is 54.9 Å². The number of aromatic nitrogens is 2. The van der Waals surface area contributed by atoms with Crippen LogP contribution in [0.1, 0.15) is 15.9 Å². The molecular formula is C16H11F2N3OS2. The van der Waals surface area contributed by atoms with Crippen LogP contribution in [0.5, 0.6) is 0 Å². The Morgan fingerprint density at radius 1 is 1.08 bits per heavy atom. The summed E-state index contributed by atoms with van der Waals surface area (Å²) >= 11 is 2.62. The lowest BCUT2D eigenvalue weighted by molar-refractivity contribution is 0.102. The number of benzene rings is 2. The number of thioether (sulfide) groups is 1. The highest BCUT2D eigenvalue weighted by Gasteiger charge is 2.13. The van der Waals surface area contributed by atoms with Crippen molar-refractivity contribution in [1.82, 2.24) is 10.2 Å². The molecule has 0 atom stereocenters. The fourth-order valence-corrected chi connectivity index (χ4v) is 3.56. The smallest absolute Gasteiger partial charge is 0.260 e. The maximum atomic E-state index is 13.6. The van der Waals surface area contributed by atoms with Gasteiger partial charge in [0.25, 0.3) is 5.91 Å². The Morgan fingerprint density at radius 2 is 1.83 bits per heavy atom. The first-order valence-corrected chi connectivity index (χ1v) is 8.68. The summed E-state index contributed by atoms with van der Waals surface area (Å²) in [4.78, 5) is 12.0. The maximum absolute atomic E-state index is 13.6. The molecule has 3 rings (SSSR count). The van der Waals surface area contributed by atoms with E-state index >= 15 is 0 Å². The van der Waals surface area contributed by atoms with Crippen molar-refractivity contribution >= 4 is 34.1 Å². The summed E-state index contributed by atoms with van der Waals surface area (Å²) in [5, 5.41) is 10.7. The molecule has 0 bridgehead atoms. The molecule has 0 fully saturated rings. The summed E-state index contributed by atoms with van der Waals surface area (Å²) in [7, 11) is 0. The molecule has 0 saturated heterocycles. The summed E-state index contributed by atoms with van der Waals surface area (Å²) in [6.45, 7) is 0. The van der Waals surface area contributed by atoms with Crippen LogP contribution in [0.15, 0.2) is 52.9 Å². The number of halogens is 2. The van der Waals surface area contributed by atoms with Crippen LogP contribution in [-0.4, -0.2) is 16.1 Å². The number of carbonyl (C=O) groups is 1. The quantitative estimate of drug-likeness (QED) is 0.540. The lowest BCUT2D eigenvalue weighted by Gasteiger charge is -2.01. The Kier molecular flexibility index (Phi) is 5.17. The summed E-state index contributed by atoms with van der Waals surface area (Å²) in [5.74, 6) is -0.835. The molecule has 4 nitrogen and oxygen atoms in total. The number of amides is 1. The molecule has 24 heavy (non-hydrogen) atoms. The van der Waals surface area contributed by atoms with Gasteiger partial charge in [-0.15, -0.1) is 10.2 Å². The molecule has 0 radical (unpaired) electrons. The second-order valence-corrected chi connectivity index (χ2v) is 6.92. The molecule has 1 amide bonds. The predicted octanol–water partition coefficient (Wildman–Crippen LogP) is 4.36. The zero-order chi connectivity index (χ0) is 16.9. The van der Waals surface area contributed by atoms with Crippen LogP contribution < -0.4 is 5.32 Å². The van der Waals surface area contributed by atoms with E-state index in [1.807, 2.05) is 0 Å². The van der Waals surface area contributed by atoms with Crippen molar-refractivity contribution in [3.05, 3.63) is 71.3 Å². The highest BCUT2D eigenvalue weighted by atomic mass is 32.2. The average molecular weight is 363 g/mol. The molecule has 0 spiro atoms. The van der Waals surface area contributed by atoms with Crippen LogP contribution in [0.25, 0.3) is 0 Å². The molecule has 2 aromatic carbocycles. The summed E-state index contributed by atoms with van der Waals surface area (Å²) in [6.07, 6.45) is 0. The monoisotopic (exact) mass is 363 g/mol. The van der Waals surface area contributed by atoms with Crippen LogP contribution in [0.3, 0.4) is 0 Å². The number of nitrogens with one attached hydrogen (secondary N) is 1. The number of hydrogen-bond donors (Lipinski definition) is 1. The molecule has 1 heterocycles. The Labute approximate surface area is 144 Å². The van der Waals surface area contributed by atoms with Crippen molar-refractivity contribution < 1.29 is 13.6 Å². The van der Waals surface area contributed by atoms with Crippen molar-refractivity contribution in [2.24, 2.45) is 0 Å². The minimum atomic E-state index is -0.592. The third kappa shape index (κ3) is 4.15. The van der Waals surface area contributed by atoms with Gasteiger partial charge in [0.05, 0.1) is 5.56 Å². The van der Waals surface area contributed by atoms with E-state index in [9.17, 15) is 13.6 Å². The van der Waals surface area contributed by atoms with E-state index in [0.717, 1.165) is 5.56 Å². The van der Waals surface area contributed by atoms with Crippen LogP contribution in [0.2, 0.25) is 0 Å². The first-order chi connectivity index (χ1) is 11.6. The Morgan fingerprint density at radius 3 is 2.58 bits per heavy atom. The number of rotatable bonds is 5. The zero-order valence-corrected chi connectivity index (χ0v) is 13.8. The molecule has 1 aromatic heterocycles. The van der Waals surface area contributed by atoms with Crippen molar-refractivity contribution in [3.8, 4) is 0 Å². The van der Waals surface area contributed by atoms with Gasteiger partial charge in [0, 0.05) is 5.75 Å². The second-order valence-electron chi connectivity index (χ2n) is 4.72. The van der Waals surface area contributed by atoms with Gasteiger partial charge in [-0.25, -0.2) is 8.78 Å². The third-order valence-electron chi connectivity index (χ3n) is 3.02. The Balaban J connectivity index is 1.60. The van der Waals surface area contributed by atoms with Gasteiger partial charge in [-0.05, 0) is 29.8 Å². The van der Waals surface area contributed by atoms with Crippen LogP contribution in [0, 0.1) is 11.6 Å². The standard InChI is InChI=1S/C16H11F2N3OS2/c17-11-7-5-10(6-8-11)9-23-16-21-20-15(24-16)19-14(22)12-3-1-2-4-13(12)18/h1-8H,9H2,(H,19,20,22). The van der Waals surface area contributed by atoms with Gasteiger partial charge < -0.3 is 0 Å². The second kappa shape index (κ2) is 7.50. The molecule has 0 unspecified atom stereocenters. The van der Waals surface area contributed by atoms with Gasteiger partial charge in [-0.1, -0.05) is 47.4 Å². The molecular weight excluding hydrogens is 352 g/mol. The van der Waals surface area contributed by atoms with E-state index in [1.54, 1.807) is 18.2 Å². The molecule has 0 aliphatic rings. The van der Waals surface area contributed by atoms with E-state index in [0.29, 0.717) is 15.2 Å². The van der Waals surface area contributed by atoms with E-state index in [4.69, 9.17) is 0 Å². The average Bonchev–Trinajstić information content (AvgIpc) is 3.02. The lowest BCUT2D eigenvalue weighted by atomic mass is 10.2. The van der Waals surface area contributed by atoms with Crippen molar-refractivity contribution in [2.75, 3.05) is 5.32 Å². The fourth-order valence-electron chi connectivity index (χ4n) is 1.85. The number of nitrogens with zero attached hydrogens (tertiary/aromatic N) is 2. The minimum absolute atomic E-state index is 0.0479. The van der Waals surface area contributed by atoms with Gasteiger partial charge in [0.15, 0.2) is 4.34 Å². The lowest BCUT2D eigenvalue weighted by Crippen LogP contribution is -2.13. The molecule has 0 aliphatic heterocycles. The molecule has 1 N–H and O–H groups in total. The largest absolute Gasteiger partial charge is 0.296 e. The van der Waals surface area contributed by atoms with Crippen LogP contribution in [0.4, 0.5) is 13.9 Å². The summed E-state index contributed by atoms with van der Waals surface area (Å²) < 4.78 is 27.1. The molecule has 122 valence electrons. The van der Waals surface area contributed by atoms with Crippen molar-refractivity contribution in [3.63, 3.8) is 0 Å². The van der Waals surface area contributed by atoms with E-state index in [1.165, 1.54) is 53.4 Å². The maximum Gasteiger partial charge on any atom is 0.260 e. The Hall–Kier alpha value is -2.32. The fraction of sp³-hybridized carbons (Fsp3) is 0.0625. The highest BCUT2D eigenvalue weighted by molar-refractivity contribution is 8.00. The highest BCUT2D eigenvalue weighted by Crippen LogP contribution is 2.28. The number of carbonyl (C=O) groups excluding carboxylic acids is 1. The normalized spacial score (nSPS) is 10.6. The van der Waals surface area contributed by atoms with E-state index in [2.05, 4.69) is 15.5 Å². The van der Waals surface area contributed by atoms with Gasteiger partial charge >= 0.3 is 0 Å². The minimum Gasteiger partial charge on any atom is -0.296 e. The predicted molar refractivity (Wildman–Crippen MR) is 90.2 cm³/mol. The number of anilines is 1. The van der Waals surface area contributed by atoms with Gasteiger partial charge in [-0.2, -0.15) is 0 Å². The molecule has 8 heteroatoms. The van der Waals surface area contributed by atoms with Crippen molar-refractivity contribution in [2.45, 2.75) is 10.1 Å². The first-order valence-electron chi connectivity index (χ1n) is 6.88. The van der Waals surface area contributed by atoms with Gasteiger partial charge in [-0.3, -0.25) is 10.1 Å². The molecule has 0 aliphatic carbocycles. The van der Waals surface area contributed by atoms with Gasteiger partial charge in [0.2, 0.25) is 5.13 Å². The Bertz CT molecular complexity index is 853. The molecule has 0 saturated carbocycles. The zero-order valence-electron chi connectivity index (χ0n) is 12.2. The third-order valence-corrected chi connectivity index (χ3v) is 5.06. The first kappa shape index (κ1) is 16.5. The van der Waals surface area contributed by atoms with Crippen LogP contribution >= 0.6 is 23.1 Å². The van der Waals surface area contributed by atoms with Gasteiger partial charge in [0.1, 0.15) is 11.6 Å². The van der Waals surface area contributed by atoms with Crippen molar-refractivity contribution in [1.29, 1.82) is 0 Å². The summed E-state index contributed by atoms with van der Waals surface area (Å²) in [5.41, 5.74) is 0.904. The van der Waals surface area contributed by atoms with E-state index < -0.39 is 11.7 Å².